The van der Waals surface area contributed by atoms with Crippen LogP contribution in [0.3, 0.4) is 0 Å². The molecule has 1 unspecified atom stereocenters. The van der Waals surface area contributed by atoms with Crippen LogP contribution in [-0.4, -0.2) is 47.8 Å². The molecule has 1 atom stereocenters. The van der Waals surface area contributed by atoms with Crippen LogP contribution in [0.2, 0.25) is 0 Å². The van der Waals surface area contributed by atoms with Crippen LogP contribution < -0.4 is 5.32 Å². The Labute approximate surface area is 137 Å². The largest absolute Gasteiger partial charge is 0.465 e. The van der Waals surface area contributed by atoms with E-state index < -0.39 is 6.09 Å². The van der Waals surface area contributed by atoms with Crippen molar-refractivity contribution in [1.82, 2.24) is 4.90 Å². The molecule has 0 saturated heterocycles. The number of ether oxygens (including phenoxy) is 1. The number of carbonyl (C=O) groups excluding carboxylic acids is 1. The fraction of sp³-hybridized carbons (Fsp3) is 0.529. The van der Waals surface area contributed by atoms with Crippen molar-refractivity contribution in [1.29, 1.82) is 0 Å². The maximum absolute atomic E-state index is 12.2. The van der Waals surface area contributed by atoms with Crippen molar-refractivity contribution < 1.29 is 19.4 Å². The van der Waals surface area contributed by atoms with Gasteiger partial charge in [0.25, 0.3) is 0 Å². The van der Waals surface area contributed by atoms with Gasteiger partial charge in [0.05, 0.1) is 5.56 Å². The average molecular weight is 322 g/mol. The number of anilines is 1. The summed E-state index contributed by atoms with van der Waals surface area (Å²) in [6.07, 6.45) is 0.330. The topological polar surface area (TPSA) is 78.9 Å². The first kappa shape index (κ1) is 19.0. The van der Waals surface area contributed by atoms with E-state index in [1.807, 2.05) is 6.92 Å². The van der Waals surface area contributed by atoms with Crippen LogP contribution in [0.15, 0.2) is 24.3 Å². The van der Waals surface area contributed by atoms with Crippen LogP contribution in [0.25, 0.3) is 0 Å². The van der Waals surface area contributed by atoms with Crippen molar-refractivity contribution in [3.8, 4) is 0 Å². The minimum absolute atomic E-state index is 0.111. The Morgan fingerprint density at radius 3 is 2.26 bits per heavy atom. The van der Waals surface area contributed by atoms with Crippen molar-refractivity contribution in [2.45, 2.75) is 39.7 Å². The van der Waals surface area contributed by atoms with Gasteiger partial charge in [0.2, 0.25) is 0 Å². The highest BCUT2D eigenvalue weighted by atomic mass is 16.5. The molecule has 1 amide bonds. The van der Waals surface area contributed by atoms with E-state index in [9.17, 15) is 9.59 Å². The lowest BCUT2D eigenvalue weighted by molar-refractivity contribution is 0.0250. The molecular formula is C17H26N2O4. The van der Waals surface area contributed by atoms with Crippen LogP contribution >= 0.6 is 0 Å². The summed E-state index contributed by atoms with van der Waals surface area (Å²) in [7, 11) is 0. The van der Waals surface area contributed by atoms with Gasteiger partial charge in [0, 0.05) is 12.2 Å². The first-order chi connectivity index (χ1) is 11.0. The molecule has 0 aliphatic carbocycles. The maximum atomic E-state index is 12.2. The molecule has 0 spiro atoms. The number of hydrogen-bond donors (Lipinski definition) is 2. The van der Waals surface area contributed by atoms with Crippen LogP contribution in [0.4, 0.5) is 10.5 Å². The molecule has 0 heterocycles. The van der Waals surface area contributed by atoms with E-state index in [2.05, 4.69) is 24.1 Å². The van der Waals surface area contributed by atoms with Gasteiger partial charge in [0.1, 0.15) is 6.10 Å². The van der Waals surface area contributed by atoms with E-state index in [-0.39, 0.29) is 12.1 Å². The zero-order valence-corrected chi connectivity index (χ0v) is 14.0. The zero-order valence-electron chi connectivity index (χ0n) is 14.0. The van der Waals surface area contributed by atoms with Gasteiger partial charge in [-0.2, -0.15) is 0 Å². The molecule has 6 nitrogen and oxygen atoms in total. The average Bonchev–Trinajstić information content (AvgIpc) is 2.54. The van der Waals surface area contributed by atoms with Crippen LogP contribution in [0.1, 0.15) is 44.0 Å². The van der Waals surface area contributed by atoms with E-state index in [0.717, 1.165) is 32.5 Å². The number of carboxylic acid groups (broad SMARTS) is 1. The summed E-state index contributed by atoms with van der Waals surface area (Å²) in [6, 6.07) is 6.21. The Kier molecular flexibility index (Phi) is 8.11. The Morgan fingerprint density at radius 1 is 1.17 bits per heavy atom. The molecule has 23 heavy (non-hydrogen) atoms. The van der Waals surface area contributed by atoms with E-state index in [1.54, 1.807) is 24.3 Å². The second-order valence-corrected chi connectivity index (χ2v) is 5.26. The molecule has 0 fully saturated rings. The summed E-state index contributed by atoms with van der Waals surface area (Å²) in [5.74, 6) is -0.377. The van der Waals surface area contributed by atoms with E-state index in [1.165, 1.54) is 0 Å². The summed E-state index contributed by atoms with van der Waals surface area (Å²) in [5.41, 5.74) is 0.838. The summed E-state index contributed by atoms with van der Waals surface area (Å²) < 4.78 is 5.54. The Balaban J connectivity index is 2.56. The number of amides is 1. The number of nitrogens with zero attached hydrogens (tertiary/aromatic N) is 1. The molecule has 1 aromatic rings. The minimum atomic E-state index is -1.14. The second kappa shape index (κ2) is 9.84. The first-order valence-corrected chi connectivity index (χ1v) is 8.03. The van der Waals surface area contributed by atoms with Gasteiger partial charge in [-0.1, -0.05) is 20.8 Å². The van der Waals surface area contributed by atoms with Gasteiger partial charge < -0.3 is 14.7 Å². The van der Waals surface area contributed by atoms with Crippen molar-refractivity contribution in [3.05, 3.63) is 29.8 Å². The van der Waals surface area contributed by atoms with Gasteiger partial charge in [-0.3, -0.25) is 5.32 Å². The van der Waals surface area contributed by atoms with Crippen LogP contribution in [0, 0.1) is 0 Å². The molecule has 128 valence electrons. The monoisotopic (exact) mass is 322 g/mol. The molecule has 0 radical (unpaired) electrons. The molecule has 0 aliphatic rings. The summed E-state index contributed by atoms with van der Waals surface area (Å²) >= 11 is 0. The third kappa shape index (κ3) is 6.69. The van der Waals surface area contributed by atoms with Crippen LogP contribution in [0.5, 0.6) is 0 Å². The number of esters is 1. The van der Waals surface area contributed by atoms with E-state index >= 15 is 0 Å². The lowest BCUT2D eigenvalue weighted by Gasteiger charge is -2.22. The molecule has 1 aromatic carbocycles. The fourth-order valence-corrected chi connectivity index (χ4v) is 2.25. The lowest BCUT2D eigenvalue weighted by Crippen LogP contribution is -2.28. The Hall–Kier alpha value is -2.08. The highest BCUT2D eigenvalue weighted by molar-refractivity contribution is 5.90. The fourth-order valence-electron chi connectivity index (χ4n) is 2.25. The Bertz CT molecular complexity index is 498. The smallest absolute Gasteiger partial charge is 0.409 e. The predicted octanol–water partition coefficient (Wildman–Crippen LogP) is 3.44. The minimum Gasteiger partial charge on any atom is -0.465 e. The van der Waals surface area contributed by atoms with Crippen LogP contribution in [-0.2, 0) is 4.74 Å². The van der Waals surface area contributed by atoms with Crippen molar-refractivity contribution in [3.63, 3.8) is 0 Å². The summed E-state index contributed by atoms with van der Waals surface area (Å²) in [4.78, 5) is 25.0. The first-order valence-electron chi connectivity index (χ1n) is 8.03. The third-order valence-corrected chi connectivity index (χ3v) is 3.76. The summed E-state index contributed by atoms with van der Waals surface area (Å²) in [6.45, 7) is 9.10. The van der Waals surface area contributed by atoms with E-state index in [0.29, 0.717) is 11.3 Å². The SMILES string of the molecule is CCC(CCN(CC)CC)OC(=O)c1ccc(NC(=O)O)cc1. The Morgan fingerprint density at radius 2 is 1.78 bits per heavy atom. The number of hydrogen-bond acceptors (Lipinski definition) is 4. The third-order valence-electron chi connectivity index (χ3n) is 3.76. The molecular weight excluding hydrogens is 296 g/mol. The molecule has 0 aromatic heterocycles. The van der Waals surface area contributed by atoms with Gasteiger partial charge in [-0.05, 0) is 50.2 Å². The standard InChI is InChI=1S/C17H26N2O4/c1-4-15(11-12-19(5-2)6-3)23-16(20)13-7-9-14(10-8-13)18-17(21)22/h7-10,15,18H,4-6,11-12H2,1-3H3,(H,21,22). The van der Waals surface area contributed by atoms with Gasteiger partial charge in [-0.15, -0.1) is 0 Å². The molecule has 0 aliphatic heterocycles. The number of carbonyl (C=O) groups is 2. The summed E-state index contributed by atoms with van der Waals surface area (Å²) in [5, 5.41) is 10.9. The quantitative estimate of drug-likeness (QED) is 0.681. The molecule has 6 heteroatoms. The maximum Gasteiger partial charge on any atom is 0.409 e. The molecule has 1 rings (SSSR count). The highest BCUT2D eigenvalue weighted by Crippen LogP contribution is 2.13. The van der Waals surface area contributed by atoms with Gasteiger partial charge in [0.15, 0.2) is 0 Å². The lowest BCUT2D eigenvalue weighted by atomic mass is 10.1. The molecule has 0 bridgehead atoms. The highest BCUT2D eigenvalue weighted by Gasteiger charge is 2.15. The molecule has 0 saturated carbocycles. The zero-order chi connectivity index (χ0) is 17.2. The second-order valence-electron chi connectivity index (χ2n) is 5.26. The van der Waals surface area contributed by atoms with Gasteiger partial charge >= 0.3 is 12.1 Å². The van der Waals surface area contributed by atoms with Gasteiger partial charge in [-0.25, -0.2) is 9.59 Å². The number of nitrogens with one attached hydrogen (secondary N) is 1. The van der Waals surface area contributed by atoms with Crippen molar-refractivity contribution >= 4 is 17.7 Å². The number of benzene rings is 1. The van der Waals surface area contributed by atoms with Crippen molar-refractivity contribution in [2.75, 3.05) is 25.0 Å². The van der Waals surface area contributed by atoms with E-state index in [4.69, 9.17) is 9.84 Å². The molecule has 2 N–H and O–H groups in total. The van der Waals surface area contributed by atoms with Crippen molar-refractivity contribution in [2.24, 2.45) is 0 Å². The normalized spacial score (nSPS) is 12.0. The number of rotatable bonds is 9. The predicted molar refractivity (Wildman–Crippen MR) is 90.0 cm³/mol.